The lowest BCUT2D eigenvalue weighted by atomic mass is 9.71. The van der Waals surface area contributed by atoms with Crippen LogP contribution >= 0.6 is 0 Å². The lowest BCUT2D eigenvalue weighted by molar-refractivity contribution is -0.160. The first-order chi connectivity index (χ1) is 55.9. The van der Waals surface area contributed by atoms with Crippen molar-refractivity contribution < 1.29 is 192 Å². The summed E-state index contributed by atoms with van der Waals surface area (Å²) >= 11 is 0. The van der Waals surface area contributed by atoms with E-state index < -0.39 is 258 Å². The van der Waals surface area contributed by atoms with Crippen molar-refractivity contribution in [1.82, 2.24) is 0 Å². The van der Waals surface area contributed by atoms with E-state index in [0.29, 0.717) is 12.8 Å². The number of halogens is 12. The van der Waals surface area contributed by atoms with Gasteiger partial charge in [-0.2, -0.15) is 35.1 Å². The molecular formula is C77H98F12O30S4-4. The number of aliphatic hydroxyl groups is 4. The molecule has 0 amide bonds. The Morgan fingerprint density at radius 3 is 1.01 bits per heavy atom. The number of benzene rings is 5. The summed E-state index contributed by atoms with van der Waals surface area (Å²) in [5.74, 6) is -6.77. The molecule has 14 unspecified atom stereocenters. The van der Waals surface area contributed by atoms with E-state index in [4.69, 9.17) is 29.2 Å². The second-order valence-corrected chi connectivity index (χ2v) is 37.4. The molecule has 2 heterocycles. The van der Waals surface area contributed by atoms with Gasteiger partial charge in [0.05, 0.1) is 72.9 Å². The summed E-state index contributed by atoms with van der Waals surface area (Å²) in [7, 11) is -24.5. The molecule has 0 aromatic heterocycles. The van der Waals surface area contributed by atoms with E-state index in [9.17, 15) is 144 Å². The Labute approximate surface area is 701 Å². The molecule has 4 N–H and O–H groups in total. The van der Waals surface area contributed by atoms with Gasteiger partial charge >= 0.3 is 56.8 Å². The molecule has 14 atom stereocenters. The zero-order valence-corrected chi connectivity index (χ0v) is 71.5. The highest BCUT2D eigenvalue weighted by Crippen LogP contribution is 2.61. The van der Waals surface area contributed by atoms with Crippen LogP contribution < -0.4 is 0 Å². The number of hydrogen-bond donors (Lipinski definition) is 4. The molecule has 0 spiro atoms. The maximum atomic E-state index is 13.3. The predicted octanol–water partition coefficient (Wildman–Crippen LogP) is 10.1. The number of carbonyl (C=O) groups excluding carboxylic acids is 6. The molecule has 10 rings (SSSR count). The van der Waals surface area contributed by atoms with Crippen LogP contribution in [0.5, 0.6) is 0 Å². The molecule has 0 radical (unpaired) electrons. The SMILES string of the molecule is CC(=O)OCCC(F)C(F)(F)S(=O)(=O)[O-].CC(=O)OCCC(F)C(F)(F)S(=O)(=O)[O-].CC(C)(C)O.CC(C)(C)O.CC(C)(O)C1C2CC3C(OC(=O)C31)C2OCC(=O)OCCC(F)C(F)(F)S(=O)(=O)[O-].CC(C)(O)C1CC(OCC(=O)OCCC(F)C(F)(F)S(=O)(=O)[O-])C2CC1C(=O)O2.c1ccc2cc3ccccc3cc2c1.c1ccc2ccccc2c1. The van der Waals surface area contributed by atoms with Gasteiger partial charge in [-0.15, -0.1) is 0 Å². The van der Waals surface area contributed by atoms with Gasteiger partial charge in [0.15, 0.2) is 65.2 Å². The van der Waals surface area contributed by atoms with E-state index in [1.165, 1.54) is 32.3 Å². The molecule has 30 nitrogen and oxygen atoms in total. The fourth-order valence-electron chi connectivity index (χ4n) is 12.8. The van der Waals surface area contributed by atoms with Crippen LogP contribution in [0.15, 0.2) is 109 Å². The molecule has 5 aliphatic rings. The summed E-state index contributed by atoms with van der Waals surface area (Å²) in [6.07, 6.45) is -19.0. The first-order valence-corrected chi connectivity index (χ1v) is 42.8. The Morgan fingerprint density at radius 1 is 0.431 bits per heavy atom. The van der Waals surface area contributed by atoms with Gasteiger partial charge in [-0.05, 0) is 132 Å². The van der Waals surface area contributed by atoms with Crippen LogP contribution in [0.4, 0.5) is 52.7 Å². The highest BCUT2D eigenvalue weighted by molar-refractivity contribution is 7.87. The van der Waals surface area contributed by atoms with Gasteiger partial charge in [0.2, 0.25) is 0 Å². The fraction of sp³-hybridized carbons (Fsp3) is 0.610. The second kappa shape index (κ2) is 44.6. The minimum atomic E-state index is -6.19. The zero-order valence-electron chi connectivity index (χ0n) is 68.2. The Kier molecular flexibility index (Phi) is 39.7. The first-order valence-electron chi connectivity index (χ1n) is 37.2. The van der Waals surface area contributed by atoms with Gasteiger partial charge in [-0.3, -0.25) is 19.2 Å². The van der Waals surface area contributed by atoms with Crippen molar-refractivity contribution in [3.63, 3.8) is 0 Å². The lowest BCUT2D eigenvalue weighted by Gasteiger charge is -2.38. The van der Waals surface area contributed by atoms with Crippen molar-refractivity contribution in [1.29, 1.82) is 0 Å². The molecular weight excluding hydrogens is 1760 g/mol. The minimum Gasteiger partial charge on any atom is -0.743 e. The number of carbonyl (C=O) groups is 6. The molecule has 5 fully saturated rings. The molecule has 5 aromatic carbocycles. The van der Waals surface area contributed by atoms with Gasteiger partial charge in [0, 0.05) is 63.7 Å². The normalized spacial score (nSPS) is 21.7. The molecule has 698 valence electrons. The van der Waals surface area contributed by atoms with Crippen LogP contribution in [0, 0.1) is 35.5 Å². The average Bonchev–Trinajstić information content (AvgIpc) is 1.54. The first kappa shape index (κ1) is 109. The molecule has 3 aliphatic carbocycles. The van der Waals surface area contributed by atoms with Crippen molar-refractivity contribution in [2.45, 2.75) is 221 Å². The summed E-state index contributed by atoms with van der Waals surface area (Å²) in [6, 6.07) is 38.1. The third kappa shape index (κ3) is 33.8. The summed E-state index contributed by atoms with van der Waals surface area (Å²) < 4.78 is 314. The summed E-state index contributed by atoms with van der Waals surface area (Å²) in [4.78, 5) is 67.8. The highest BCUT2D eigenvalue weighted by atomic mass is 32.2. The van der Waals surface area contributed by atoms with E-state index >= 15 is 0 Å². The number of ether oxygens (including phenoxy) is 8. The fourth-order valence-corrected chi connectivity index (χ4v) is 14.5. The third-order valence-corrected chi connectivity index (χ3v) is 21.9. The van der Waals surface area contributed by atoms with Crippen molar-refractivity contribution in [2.24, 2.45) is 35.5 Å². The van der Waals surface area contributed by atoms with Crippen LogP contribution in [0.3, 0.4) is 0 Å². The predicted molar refractivity (Wildman–Crippen MR) is 408 cm³/mol. The van der Waals surface area contributed by atoms with Crippen molar-refractivity contribution >= 4 is 109 Å². The van der Waals surface area contributed by atoms with Crippen LogP contribution in [-0.4, -0.2) is 240 Å². The molecule has 123 heavy (non-hydrogen) atoms. The molecule has 46 heteroatoms. The zero-order chi connectivity index (χ0) is 94.6. The number of esters is 6. The van der Waals surface area contributed by atoms with E-state index in [1.54, 1.807) is 69.2 Å². The number of alkyl halides is 12. The summed E-state index contributed by atoms with van der Waals surface area (Å²) in [6.45, 7) is 14.1. The van der Waals surface area contributed by atoms with E-state index in [-0.39, 0.29) is 18.3 Å². The van der Waals surface area contributed by atoms with Gasteiger partial charge in [-0.25, -0.2) is 60.8 Å². The Balaban J connectivity index is 0.000000386. The monoisotopic (exact) mass is 1860 g/mol. The van der Waals surface area contributed by atoms with E-state index in [0.717, 1.165) is 13.8 Å². The van der Waals surface area contributed by atoms with Crippen molar-refractivity contribution in [3.8, 4) is 0 Å². The maximum absolute atomic E-state index is 13.3. The molecule has 4 bridgehead atoms. The number of hydrogen-bond acceptors (Lipinski definition) is 30. The van der Waals surface area contributed by atoms with E-state index in [2.05, 4.69) is 128 Å². The maximum Gasteiger partial charge on any atom is 0.364 e. The van der Waals surface area contributed by atoms with Crippen LogP contribution in [0.25, 0.3) is 32.3 Å². The summed E-state index contributed by atoms with van der Waals surface area (Å²) in [5.41, 5.74) is -3.37. The standard InChI is InChI=1S/C17H23F3O9S.C16H23F3O9S.C14H10.C10H8.2C6H9F3O5S.2C4H10O/c1-16(2,23)12-8-5-7-11(12)15(22)29-14(7)13(8)28-6-10(21)27-4-3-9(18)17(19,20)30(24,25)26;1-15(2,22)9-6-10(11-5-8(9)14(21)28-11)27-7-13(20)26-4-3-12(17)16(18,19)29(23,24)25;1-2-6-12-10-14-8-4-3-7-13(14)9-11(12)5-1;1-2-6-10-8-4-3-7-9(10)5-1;2*1-4(10)14-3-2-5(7)6(8,9)15(11,12)13;2*1-4(2,3)5/h7-9,11-14,23H,3-6H2,1-2H3,(H,24,25,26);8-12,22H,3-7H2,1-2H3,(H,23,24,25);1-10H;1-8H;2*5H,2-3H2,1H3,(H,11,12,13);2*5H,1-3H3/p-4. The van der Waals surface area contributed by atoms with Gasteiger partial charge in [0.25, 0.3) is 0 Å². The Hall–Kier alpha value is -7.74. The van der Waals surface area contributed by atoms with Gasteiger partial charge in [-0.1, -0.05) is 97.1 Å². The highest BCUT2D eigenvalue weighted by Gasteiger charge is 2.70. The summed E-state index contributed by atoms with van der Waals surface area (Å²) in [5, 5.41) is 25.3. The third-order valence-electron chi connectivity index (χ3n) is 18.2. The van der Waals surface area contributed by atoms with E-state index in [1.807, 2.05) is 0 Å². The van der Waals surface area contributed by atoms with Crippen LogP contribution in [0.1, 0.15) is 128 Å². The van der Waals surface area contributed by atoms with Gasteiger partial charge < -0.3 is 76.5 Å². The van der Waals surface area contributed by atoms with Crippen LogP contribution in [0.2, 0.25) is 0 Å². The molecule has 5 aromatic rings. The van der Waals surface area contributed by atoms with Crippen molar-refractivity contribution in [3.05, 3.63) is 109 Å². The number of rotatable bonds is 28. The molecule has 2 saturated heterocycles. The Bertz CT molecular complexity index is 4550. The quantitative estimate of drug-likeness (QED) is 0.0119. The number of fused-ring (bicyclic) bond motifs is 6. The molecule has 3 saturated carbocycles. The molecule has 2 aliphatic heterocycles. The van der Waals surface area contributed by atoms with Crippen molar-refractivity contribution in [2.75, 3.05) is 39.6 Å². The minimum absolute atomic E-state index is 0.136. The average molecular weight is 1860 g/mol. The van der Waals surface area contributed by atoms with Crippen LogP contribution in [-0.2, 0) is 107 Å². The topological polar surface area (TPSA) is 486 Å². The Morgan fingerprint density at radius 2 is 0.724 bits per heavy atom. The van der Waals surface area contributed by atoms with Gasteiger partial charge in [0.1, 0.15) is 25.4 Å². The lowest BCUT2D eigenvalue weighted by Crippen LogP contribution is -2.48. The smallest absolute Gasteiger partial charge is 0.364 e. The largest absolute Gasteiger partial charge is 0.743 e. The second-order valence-electron chi connectivity index (χ2n) is 31.6.